The summed E-state index contributed by atoms with van der Waals surface area (Å²) < 4.78 is 41.0. The molecule has 3 rings (SSSR count). The van der Waals surface area contributed by atoms with Gasteiger partial charge in [0, 0.05) is 25.2 Å². The maximum Gasteiger partial charge on any atom is 0.243 e. The molecule has 2 aromatic carbocycles. The number of carbonyl (C=O) groups is 1. The number of piperidine rings is 1. The zero-order chi connectivity index (χ0) is 21.7. The van der Waals surface area contributed by atoms with Crippen molar-refractivity contribution in [1.82, 2.24) is 9.21 Å². The summed E-state index contributed by atoms with van der Waals surface area (Å²) in [7, 11) is 0.0726. The first kappa shape index (κ1) is 22.4. The lowest BCUT2D eigenvalue weighted by Gasteiger charge is -2.34. The first-order chi connectivity index (χ1) is 14.3. The molecule has 1 saturated heterocycles. The SMILES string of the molecule is CN1CCC(N(C)S(=O)(=O)c2ccc(NC(=O)CCc3ccccc3F)cc2)CC1. The summed E-state index contributed by atoms with van der Waals surface area (Å²) in [5.74, 6) is -0.578. The highest BCUT2D eigenvalue weighted by Crippen LogP contribution is 2.23. The summed E-state index contributed by atoms with van der Waals surface area (Å²) >= 11 is 0. The van der Waals surface area contributed by atoms with Gasteiger partial charge in [0.15, 0.2) is 0 Å². The van der Waals surface area contributed by atoms with Gasteiger partial charge in [0.2, 0.25) is 15.9 Å². The van der Waals surface area contributed by atoms with Crippen LogP contribution >= 0.6 is 0 Å². The third-order valence-corrected chi connectivity index (χ3v) is 7.52. The van der Waals surface area contributed by atoms with E-state index in [0.717, 1.165) is 25.9 Å². The highest BCUT2D eigenvalue weighted by atomic mass is 32.2. The molecule has 1 fully saturated rings. The van der Waals surface area contributed by atoms with E-state index < -0.39 is 10.0 Å². The number of benzene rings is 2. The number of rotatable bonds is 7. The zero-order valence-corrected chi connectivity index (χ0v) is 18.2. The third kappa shape index (κ3) is 5.44. The van der Waals surface area contributed by atoms with E-state index in [4.69, 9.17) is 0 Å². The van der Waals surface area contributed by atoms with Crippen molar-refractivity contribution in [2.45, 2.75) is 36.6 Å². The molecule has 1 heterocycles. The minimum Gasteiger partial charge on any atom is -0.326 e. The molecule has 30 heavy (non-hydrogen) atoms. The number of nitrogens with zero attached hydrogens (tertiary/aromatic N) is 2. The largest absolute Gasteiger partial charge is 0.326 e. The van der Waals surface area contributed by atoms with Gasteiger partial charge in [-0.3, -0.25) is 4.79 Å². The van der Waals surface area contributed by atoms with E-state index >= 15 is 0 Å². The van der Waals surface area contributed by atoms with E-state index in [1.54, 1.807) is 37.4 Å². The van der Waals surface area contributed by atoms with Crippen molar-refractivity contribution in [2.75, 3.05) is 32.5 Å². The van der Waals surface area contributed by atoms with Crippen LogP contribution in [-0.4, -0.2) is 56.8 Å². The molecule has 0 saturated carbocycles. The van der Waals surface area contributed by atoms with Gasteiger partial charge in [0.1, 0.15) is 5.82 Å². The highest BCUT2D eigenvalue weighted by molar-refractivity contribution is 7.89. The highest BCUT2D eigenvalue weighted by Gasteiger charge is 2.30. The molecule has 2 aromatic rings. The molecule has 0 aromatic heterocycles. The molecule has 8 heteroatoms. The van der Waals surface area contributed by atoms with Crippen LogP contribution in [0.5, 0.6) is 0 Å². The van der Waals surface area contributed by atoms with Gasteiger partial charge in [-0.2, -0.15) is 4.31 Å². The van der Waals surface area contributed by atoms with Crippen LogP contribution in [0.1, 0.15) is 24.8 Å². The number of amides is 1. The number of carbonyl (C=O) groups excluding carboxylic acids is 1. The van der Waals surface area contributed by atoms with Crippen molar-refractivity contribution in [3.05, 3.63) is 59.9 Å². The van der Waals surface area contributed by atoms with Crippen molar-refractivity contribution in [1.29, 1.82) is 0 Å². The van der Waals surface area contributed by atoms with Crippen molar-refractivity contribution in [2.24, 2.45) is 0 Å². The summed E-state index contributed by atoms with van der Waals surface area (Å²) in [6.45, 7) is 1.75. The predicted molar refractivity (Wildman–Crippen MR) is 115 cm³/mol. The quantitative estimate of drug-likeness (QED) is 0.729. The van der Waals surface area contributed by atoms with Gasteiger partial charge in [-0.25, -0.2) is 12.8 Å². The molecular weight excluding hydrogens is 405 g/mol. The van der Waals surface area contributed by atoms with Crippen LogP contribution in [0.25, 0.3) is 0 Å². The van der Waals surface area contributed by atoms with Gasteiger partial charge in [-0.05, 0) is 75.3 Å². The van der Waals surface area contributed by atoms with E-state index in [0.29, 0.717) is 17.7 Å². The maximum atomic E-state index is 13.6. The van der Waals surface area contributed by atoms with Crippen LogP contribution < -0.4 is 5.32 Å². The lowest BCUT2D eigenvalue weighted by Crippen LogP contribution is -2.44. The molecule has 162 valence electrons. The topological polar surface area (TPSA) is 69.7 Å². The summed E-state index contributed by atoms with van der Waals surface area (Å²) in [5, 5.41) is 2.73. The Kier molecular flexibility index (Phi) is 7.23. The van der Waals surface area contributed by atoms with Crippen LogP contribution in [0, 0.1) is 5.82 Å². The van der Waals surface area contributed by atoms with Crippen LogP contribution in [0.4, 0.5) is 10.1 Å². The Hall–Kier alpha value is -2.29. The van der Waals surface area contributed by atoms with E-state index in [-0.39, 0.29) is 29.1 Å². The Bertz CT molecular complexity index is 971. The molecule has 1 N–H and O–H groups in total. The minimum absolute atomic E-state index is 0.0102. The van der Waals surface area contributed by atoms with E-state index in [1.165, 1.54) is 22.5 Å². The van der Waals surface area contributed by atoms with Gasteiger partial charge in [0.05, 0.1) is 4.90 Å². The molecule has 0 aliphatic carbocycles. The number of nitrogens with one attached hydrogen (secondary N) is 1. The van der Waals surface area contributed by atoms with Crippen LogP contribution in [-0.2, 0) is 21.2 Å². The summed E-state index contributed by atoms with van der Waals surface area (Å²) in [6.07, 6.45) is 2.05. The van der Waals surface area contributed by atoms with Crippen molar-refractivity contribution < 1.29 is 17.6 Å². The fourth-order valence-corrected chi connectivity index (χ4v) is 5.02. The molecule has 0 atom stereocenters. The molecule has 0 spiro atoms. The normalized spacial score (nSPS) is 16.0. The average Bonchev–Trinajstić information content (AvgIpc) is 2.73. The predicted octanol–water partition coefficient (Wildman–Crippen LogP) is 3.11. The fourth-order valence-electron chi connectivity index (χ4n) is 3.60. The Morgan fingerprint density at radius 2 is 1.77 bits per heavy atom. The number of sulfonamides is 1. The Morgan fingerprint density at radius 3 is 2.40 bits per heavy atom. The average molecular weight is 434 g/mol. The van der Waals surface area contributed by atoms with Crippen LogP contribution in [0.15, 0.2) is 53.4 Å². The van der Waals surface area contributed by atoms with Crippen molar-refractivity contribution >= 4 is 21.6 Å². The summed E-state index contributed by atoms with van der Waals surface area (Å²) in [4.78, 5) is 14.6. The Labute approximate surface area is 177 Å². The second-order valence-electron chi connectivity index (χ2n) is 7.72. The lowest BCUT2D eigenvalue weighted by atomic mass is 10.1. The first-order valence-electron chi connectivity index (χ1n) is 10.1. The lowest BCUT2D eigenvalue weighted by molar-refractivity contribution is -0.116. The number of aryl methyl sites for hydroxylation is 1. The van der Waals surface area contributed by atoms with Gasteiger partial charge < -0.3 is 10.2 Å². The van der Waals surface area contributed by atoms with Gasteiger partial charge in [0.25, 0.3) is 0 Å². The number of likely N-dealkylation sites (tertiary alicyclic amines) is 1. The maximum absolute atomic E-state index is 13.6. The molecular formula is C22H28FN3O3S. The monoisotopic (exact) mass is 433 g/mol. The van der Waals surface area contributed by atoms with Crippen LogP contribution in [0.2, 0.25) is 0 Å². The number of hydrogen-bond donors (Lipinski definition) is 1. The van der Waals surface area contributed by atoms with Crippen molar-refractivity contribution in [3.8, 4) is 0 Å². The minimum atomic E-state index is -3.59. The standard InChI is InChI=1S/C22H28FN3O3S/c1-25-15-13-19(14-16-25)26(2)30(28,29)20-10-8-18(9-11-20)24-22(27)12-7-17-5-3-4-6-21(17)23/h3-6,8-11,19H,7,12-16H2,1-2H3,(H,24,27). The summed E-state index contributed by atoms with van der Waals surface area (Å²) in [5.41, 5.74) is 1.00. The Balaban J connectivity index is 1.58. The Morgan fingerprint density at radius 1 is 1.13 bits per heavy atom. The van der Waals surface area contributed by atoms with E-state index in [1.807, 2.05) is 7.05 Å². The van der Waals surface area contributed by atoms with E-state index in [9.17, 15) is 17.6 Å². The molecule has 0 unspecified atom stereocenters. The summed E-state index contributed by atoms with van der Waals surface area (Å²) in [6, 6.07) is 12.5. The molecule has 0 bridgehead atoms. The first-order valence-corrected chi connectivity index (χ1v) is 11.5. The fraction of sp³-hybridized carbons (Fsp3) is 0.409. The molecule has 6 nitrogen and oxygen atoms in total. The molecule has 1 aliphatic heterocycles. The van der Waals surface area contributed by atoms with Gasteiger partial charge in [-0.15, -0.1) is 0 Å². The second kappa shape index (κ2) is 9.68. The smallest absolute Gasteiger partial charge is 0.243 e. The number of anilines is 1. The molecule has 1 amide bonds. The van der Waals surface area contributed by atoms with E-state index in [2.05, 4.69) is 10.2 Å². The molecule has 0 radical (unpaired) electrons. The second-order valence-corrected chi connectivity index (χ2v) is 9.72. The molecule has 1 aliphatic rings. The zero-order valence-electron chi connectivity index (χ0n) is 17.3. The number of hydrogen-bond acceptors (Lipinski definition) is 4. The van der Waals surface area contributed by atoms with Gasteiger partial charge in [-0.1, -0.05) is 18.2 Å². The van der Waals surface area contributed by atoms with Crippen molar-refractivity contribution in [3.63, 3.8) is 0 Å². The third-order valence-electron chi connectivity index (χ3n) is 5.60. The van der Waals surface area contributed by atoms with Gasteiger partial charge >= 0.3 is 0 Å². The van der Waals surface area contributed by atoms with Crippen LogP contribution in [0.3, 0.4) is 0 Å². The number of halogens is 1.